The second-order valence-electron chi connectivity index (χ2n) is 5.01. The molecular weight excluding hydrogens is 342 g/mol. The van der Waals surface area contributed by atoms with Gasteiger partial charge in [0.2, 0.25) is 0 Å². The van der Waals surface area contributed by atoms with Gasteiger partial charge in [-0.15, -0.1) is 0 Å². The molecule has 2 aromatic rings. The number of halogens is 1. The lowest BCUT2D eigenvalue weighted by molar-refractivity contribution is 0.240. The number of nitrogens with two attached hydrogens (primary N) is 1. The maximum Gasteiger partial charge on any atom is 0.315 e. The van der Waals surface area contributed by atoms with E-state index in [1.165, 1.54) is 5.56 Å². The molecule has 0 atom stereocenters. The van der Waals surface area contributed by atoms with E-state index in [0.717, 1.165) is 22.0 Å². The largest absolute Gasteiger partial charge is 0.338 e. The summed E-state index contributed by atoms with van der Waals surface area (Å²) in [5.41, 5.74) is 8.90. The fourth-order valence-corrected chi connectivity index (χ4v) is 2.57. The van der Waals surface area contributed by atoms with Crippen molar-refractivity contribution in [3.8, 4) is 0 Å². The first-order chi connectivity index (χ1) is 10.7. The van der Waals surface area contributed by atoms with Crippen LogP contribution in [-0.2, 0) is 19.5 Å². The number of carbonyl (C=O) groups excluding carboxylic acids is 1. The summed E-state index contributed by atoms with van der Waals surface area (Å²) in [5, 5.41) is 5.71. The first-order valence-electron chi connectivity index (χ1n) is 7.21. The third-order valence-electron chi connectivity index (χ3n) is 3.27. The summed E-state index contributed by atoms with van der Waals surface area (Å²) in [5.74, 6) is 0. The van der Waals surface area contributed by atoms with Crippen LogP contribution in [-0.4, -0.2) is 12.6 Å². The summed E-state index contributed by atoms with van der Waals surface area (Å²) < 4.78 is 1.05. The van der Waals surface area contributed by atoms with Crippen molar-refractivity contribution in [3.63, 3.8) is 0 Å². The highest BCUT2D eigenvalue weighted by atomic mass is 79.9. The summed E-state index contributed by atoms with van der Waals surface area (Å²) >= 11 is 3.44. The van der Waals surface area contributed by atoms with Crippen molar-refractivity contribution in [2.75, 3.05) is 6.54 Å². The molecule has 0 aliphatic rings. The Bertz CT molecular complexity index is 631. The van der Waals surface area contributed by atoms with Gasteiger partial charge in [0, 0.05) is 24.1 Å². The van der Waals surface area contributed by atoms with E-state index < -0.39 is 0 Å². The third kappa shape index (κ3) is 5.50. The van der Waals surface area contributed by atoms with Crippen LogP contribution in [0.25, 0.3) is 0 Å². The molecular formula is C17H20BrN3O. The van der Waals surface area contributed by atoms with Gasteiger partial charge in [-0.2, -0.15) is 0 Å². The van der Waals surface area contributed by atoms with E-state index in [2.05, 4.69) is 32.6 Å². The van der Waals surface area contributed by atoms with Gasteiger partial charge in [0.05, 0.1) is 0 Å². The predicted octanol–water partition coefficient (Wildman–Crippen LogP) is 2.95. The third-order valence-corrected chi connectivity index (χ3v) is 3.76. The molecule has 0 aliphatic heterocycles. The first kappa shape index (κ1) is 16.5. The minimum Gasteiger partial charge on any atom is -0.338 e. The molecule has 0 spiro atoms. The zero-order valence-electron chi connectivity index (χ0n) is 12.3. The summed E-state index contributed by atoms with van der Waals surface area (Å²) in [6, 6.07) is 15.8. The van der Waals surface area contributed by atoms with E-state index in [1.54, 1.807) is 0 Å². The van der Waals surface area contributed by atoms with Gasteiger partial charge in [0.25, 0.3) is 0 Å². The van der Waals surface area contributed by atoms with Crippen molar-refractivity contribution in [1.29, 1.82) is 0 Å². The Morgan fingerprint density at radius 1 is 1.00 bits per heavy atom. The fraction of sp³-hybridized carbons (Fsp3) is 0.235. The molecule has 5 heteroatoms. The van der Waals surface area contributed by atoms with Gasteiger partial charge in [0.1, 0.15) is 0 Å². The summed E-state index contributed by atoms with van der Waals surface area (Å²) in [4.78, 5) is 11.8. The summed E-state index contributed by atoms with van der Waals surface area (Å²) in [6.07, 6.45) is 0.801. The Morgan fingerprint density at radius 3 is 2.50 bits per heavy atom. The number of rotatable bonds is 6. The molecule has 0 saturated heterocycles. The van der Waals surface area contributed by atoms with E-state index in [1.807, 2.05) is 42.5 Å². The molecule has 0 saturated carbocycles. The van der Waals surface area contributed by atoms with Crippen LogP contribution in [0.1, 0.15) is 16.7 Å². The molecule has 2 amide bonds. The zero-order chi connectivity index (χ0) is 15.8. The van der Waals surface area contributed by atoms with Crippen LogP contribution in [0, 0.1) is 0 Å². The lowest BCUT2D eigenvalue weighted by atomic mass is 10.1. The Morgan fingerprint density at radius 2 is 1.73 bits per heavy atom. The van der Waals surface area contributed by atoms with E-state index in [0.29, 0.717) is 19.6 Å². The molecule has 4 nitrogen and oxygen atoms in total. The number of amides is 2. The highest BCUT2D eigenvalue weighted by molar-refractivity contribution is 9.10. The van der Waals surface area contributed by atoms with E-state index in [-0.39, 0.29) is 6.03 Å². The van der Waals surface area contributed by atoms with Gasteiger partial charge < -0.3 is 16.4 Å². The molecule has 2 rings (SSSR count). The van der Waals surface area contributed by atoms with Gasteiger partial charge in [-0.25, -0.2) is 4.79 Å². The van der Waals surface area contributed by atoms with Gasteiger partial charge in [-0.1, -0.05) is 52.3 Å². The van der Waals surface area contributed by atoms with Crippen LogP contribution >= 0.6 is 15.9 Å². The van der Waals surface area contributed by atoms with Gasteiger partial charge in [-0.05, 0) is 35.2 Å². The van der Waals surface area contributed by atoms with E-state index in [4.69, 9.17) is 5.73 Å². The average molecular weight is 362 g/mol. The molecule has 0 bridgehead atoms. The lowest BCUT2D eigenvalue weighted by Crippen LogP contribution is -2.36. The number of nitrogens with one attached hydrogen (secondary N) is 2. The second kappa shape index (κ2) is 8.56. The van der Waals surface area contributed by atoms with Crippen LogP contribution in [0.15, 0.2) is 53.0 Å². The number of urea groups is 1. The second-order valence-corrected chi connectivity index (χ2v) is 5.93. The smallest absolute Gasteiger partial charge is 0.315 e. The first-order valence-corrected chi connectivity index (χ1v) is 8.00. The van der Waals surface area contributed by atoms with Gasteiger partial charge in [-0.3, -0.25) is 0 Å². The molecule has 0 aromatic heterocycles. The number of carbonyl (C=O) groups is 1. The molecule has 0 aliphatic carbocycles. The Hall–Kier alpha value is -1.85. The van der Waals surface area contributed by atoms with Crippen LogP contribution in [0.2, 0.25) is 0 Å². The van der Waals surface area contributed by atoms with Crippen molar-refractivity contribution in [2.24, 2.45) is 5.73 Å². The number of hydrogen-bond donors (Lipinski definition) is 3. The summed E-state index contributed by atoms with van der Waals surface area (Å²) in [6.45, 7) is 1.61. The Kier molecular flexibility index (Phi) is 6.43. The van der Waals surface area contributed by atoms with E-state index in [9.17, 15) is 4.79 Å². The number of benzene rings is 2. The van der Waals surface area contributed by atoms with Crippen molar-refractivity contribution in [2.45, 2.75) is 19.5 Å². The maximum atomic E-state index is 11.8. The Balaban J connectivity index is 1.71. The molecule has 0 fully saturated rings. The highest BCUT2D eigenvalue weighted by Gasteiger charge is 2.01. The van der Waals surface area contributed by atoms with Crippen LogP contribution in [0.3, 0.4) is 0 Å². The minimum absolute atomic E-state index is 0.159. The lowest BCUT2D eigenvalue weighted by Gasteiger charge is -2.09. The van der Waals surface area contributed by atoms with E-state index >= 15 is 0 Å². The Labute approximate surface area is 139 Å². The van der Waals surface area contributed by atoms with Crippen LogP contribution in [0.4, 0.5) is 4.79 Å². The van der Waals surface area contributed by atoms with Crippen LogP contribution in [0.5, 0.6) is 0 Å². The highest BCUT2D eigenvalue weighted by Crippen LogP contribution is 2.11. The van der Waals surface area contributed by atoms with Gasteiger partial charge in [0.15, 0.2) is 0 Å². The standard InChI is InChI=1S/C17H20BrN3O/c18-16-6-2-3-13(10-16)7-8-20-17(22)21-12-15-5-1-4-14(9-15)11-19/h1-6,9-10H,7-8,11-12,19H2,(H2,20,21,22). The quantitative estimate of drug-likeness (QED) is 0.740. The fourth-order valence-electron chi connectivity index (χ4n) is 2.12. The zero-order valence-corrected chi connectivity index (χ0v) is 13.9. The average Bonchev–Trinajstić information content (AvgIpc) is 2.53. The van der Waals surface area contributed by atoms with Crippen molar-refractivity contribution >= 4 is 22.0 Å². The monoisotopic (exact) mass is 361 g/mol. The molecule has 0 radical (unpaired) electrons. The molecule has 0 heterocycles. The van der Waals surface area contributed by atoms with Gasteiger partial charge >= 0.3 is 6.03 Å². The normalized spacial score (nSPS) is 10.3. The topological polar surface area (TPSA) is 67.1 Å². The van der Waals surface area contributed by atoms with Crippen molar-refractivity contribution in [1.82, 2.24) is 10.6 Å². The minimum atomic E-state index is -0.159. The molecule has 116 valence electrons. The summed E-state index contributed by atoms with van der Waals surface area (Å²) in [7, 11) is 0. The molecule has 22 heavy (non-hydrogen) atoms. The number of hydrogen-bond acceptors (Lipinski definition) is 2. The predicted molar refractivity (Wildman–Crippen MR) is 92.4 cm³/mol. The van der Waals surface area contributed by atoms with Crippen LogP contribution < -0.4 is 16.4 Å². The maximum absolute atomic E-state index is 11.8. The van der Waals surface area contributed by atoms with Crippen molar-refractivity contribution < 1.29 is 4.79 Å². The molecule has 0 unspecified atom stereocenters. The molecule has 4 N–H and O–H groups in total. The molecule has 2 aromatic carbocycles. The SMILES string of the molecule is NCc1cccc(CNC(=O)NCCc2cccc(Br)c2)c1. The van der Waals surface area contributed by atoms with Crippen molar-refractivity contribution in [3.05, 3.63) is 69.7 Å².